The maximum absolute atomic E-state index is 13.3. The number of nitrogens with one attached hydrogen (secondary N) is 1. The van der Waals surface area contributed by atoms with E-state index in [-0.39, 0.29) is 22.8 Å². The number of benzene rings is 1. The molecule has 0 aliphatic carbocycles. The molecule has 1 aliphatic heterocycles. The van der Waals surface area contributed by atoms with Crippen molar-refractivity contribution in [1.82, 2.24) is 14.2 Å². The number of piperidine rings is 1. The Morgan fingerprint density at radius 1 is 1.19 bits per heavy atom. The number of methoxy groups -OCH3 is 1. The number of hydrogen-bond acceptors (Lipinski definition) is 6. The van der Waals surface area contributed by atoms with Gasteiger partial charge in [0.15, 0.2) is 0 Å². The van der Waals surface area contributed by atoms with Crippen molar-refractivity contribution < 1.29 is 22.7 Å². The molecule has 0 bridgehead atoms. The van der Waals surface area contributed by atoms with Crippen LogP contribution in [0.25, 0.3) is 0 Å². The minimum Gasteiger partial charge on any atom is -0.465 e. The Hall–Kier alpha value is -2.85. The number of anilines is 1. The molecule has 0 spiro atoms. The smallest absolute Gasteiger partial charge is 0.339 e. The van der Waals surface area contributed by atoms with E-state index in [2.05, 4.69) is 11.6 Å². The molecule has 2 heterocycles. The fourth-order valence-corrected chi connectivity index (χ4v) is 5.23. The van der Waals surface area contributed by atoms with Crippen molar-refractivity contribution in [2.24, 2.45) is 5.92 Å². The molecule has 1 aliphatic rings. The third-order valence-corrected chi connectivity index (χ3v) is 7.33. The van der Waals surface area contributed by atoms with Crippen molar-refractivity contribution in [3.8, 4) is 0 Å². The van der Waals surface area contributed by atoms with E-state index in [9.17, 15) is 18.0 Å². The van der Waals surface area contributed by atoms with Crippen molar-refractivity contribution in [2.75, 3.05) is 25.9 Å². The van der Waals surface area contributed by atoms with Crippen LogP contribution in [-0.4, -0.2) is 56.0 Å². The zero-order chi connectivity index (χ0) is 23.3. The Kier molecular flexibility index (Phi) is 7.57. The standard InChI is InChI=1S/C22H30N4O5S/c1-16-9-13-26(14-10-16)21(27)18(11-15-25-12-5-8-20(25)23)24-32(29,30)19-7-4-3-6-17(19)22(28)31-2/h3-8,12,16,18,24H,9-11,13-15,23H2,1-2H3. The number of esters is 1. The van der Waals surface area contributed by atoms with E-state index < -0.39 is 22.0 Å². The van der Waals surface area contributed by atoms with Crippen molar-refractivity contribution in [3.63, 3.8) is 0 Å². The van der Waals surface area contributed by atoms with Gasteiger partial charge in [-0.2, -0.15) is 4.72 Å². The zero-order valence-electron chi connectivity index (χ0n) is 18.4. The highest BCUT2D eigenvalue weighted by atomic mass is 32.2. The van der Waals surface area contributed by atoms with Crippen LogP contribution in [0, 0.1) is 5.92 Å². The van der Waals surface area contributed by atoms with E-state index in [1.165, 1.54) is 25.3 Å². The van der Waals surface area contributed by atoms with Crippen molar-refractivity contribution in [1.29, 1.82) is 0 Å². The summed E-state index contributed by atoms with van der Waals surface area (Å²) in [7, 11) is -2.99. The number of nitrogen functional groups attached to an aromatic ring is 1. The molecule has 1 saturated heterocycles. The normalized spacial score (nSPS) is 16.0. The molecule has 1 amide bonds. The molecule has 2 aromatic rings. The Balaban J connectivity index is 1.86. The first-order valence-electron chi connectivity index (χ1n) is 10.6. The fraction of sp³-hybridized carbons (Fsp3) is 0.455. The minimum atomic E-state index is -4.18. The van der Waals surface area contributed by atoms with Gasteiger partial charge in [-0.25, -0.2) is 13.2 Å². The van der Waals surface area contributed by atoms with E-state index in [4.69, 9.17) is 10.5 Å². The number of rotatable bonds is 8. The van der Waals surface area contributed by atoms with Gasteiger partial charge in [-0.15, -0.1) is 0 Å². The number of nitrogens with two attached hydrogens (primary N) is 1. The van der Waals surface area contributed by atoms with Crippen LogP contribution in [0.3, 0.4) is 0 Å². The maximum atomic E-state index is 13.3. The van der Waals surface area contributed by atoms with Gasteiger partial charge in [0.25, 0.3) is 0 Å². The largest absolute Gasteiger partial charge is 0.465 e. The summed E-state index contributed by atoms with van der Waals surface area (Å²) in [5, 5.41) is 0. The Labute approximate surface area is 188 Å². The third kappa shape index (κ3) is 5.49. The van der Waals surface area contributed by atoms with Crippen molar-refractivity contribution in [3.05, 3.63) is 48.2 Å². The quantitative estimate of drug-likeness (QED) is 0.577. The predicted molar refractivity (Wildman–Crippen MR) is 120 cm³/mol. The second kappa shape index (κ2) is 10.2. The van der Waals surface area contributed by atoms with Gasteiger partial charge in [0, 0.05) is 25.8 Å². The maximum Gasteiger partial charge on any atom is 0.339 e. The Morgan fingerprint density at radius 3 is 2.50 bits per heavy atom. The summed E-state index contributed by atoms with van der Waals surface area (Å²) in [4.78, 5) is 26.9. The zero-order valence-corrected chi connectivity index (χ0v) is 19.2. The number of amides is 1. The molecule has 1 atom stereocenters. The van der Waals surface area contributed by atoms with E-state index >= 15 is 0 Å². The third-order valence-electron chi connectivity index (χ3n) is 5.80. The number of sulfonamides is 1. The Bertz CT molecular complexity index is 1060. The van der Waals surface area contributed by atoms with Gasteiger partial charge in [0.1, 0.15) is 11.9 Å². The lowest BCUT2D eigenvalue weighted by Gasteiger charge is -2.33. The lowest BCUT2D eigenvalue weighted by molar-refractivity contribution is -0.134. The second-order valence-corrected chi connectivity index (χ2v) is 9.77. The summed E-state index contributed by atoms with van der Waals surface area (Å²) in [6.45, 7) is 3.67. The highest BCUT2D eigenvalue weighted by Crippen LogP contribution is 2.21. The van der Waals surface area contributed by atoms with E-state index in [1.54, 1.807) is 33.9 Å². The van der Waals surface area contributed by atoms with Crippen LogP contribution < -0.4 is 10.5 Å². The first kappa shape index (κ1) is 23.8. The number of nitrogens with zero attached hydrogens (tertiary/aromatic N) is 2. The van der Waals surface area contributed by atoms with Gasteiger partial charge in [-0.05, 0) is 49.4 Å². The number of likely N-dealkylation sites (tertiary alicyclic amines) is 1. The number of carbonyl (C=O) groups is 2. The summed E-state index contributed by atoms with van der Waals surface area (Å²) in [5.41, 5.74) is 5.84. The fourth-order valence-electron chi connectivity index (χ4n) is 3.81. The topological polar surface area (TPSA) is 124 Å². The van der Waals surface area contributed by atoms with Gasteiger partial charge in [0.05, 0.1) is 17.6 Å². The number of aryl methyl sites for hydroxylation is 1. The van der Waals surface area contributed by atoms with Crippen molar-refractivity contribution in [2.45, 2.75) is 43.7 Å². The summed E-state index contributed by atoms with van der Waals surface area (Å²) >= 11 is 0. The molecule has 1 unspecified atom stereocenters. The lowest BCUT2D eigenvalue weighted by atomic mass is 9.98. The van der Waals surface area contributed by atoms with Crippen LogP contribution in [0.2, 0.25) is 0 Å². The molecule has 32 heavy (non-hydrogen) atoms. The molecule has 9 nitrogen and oxygen atoms in total. The summed E-state index contributed by atoms with van der Waals surface area (Å²) < 4.78 is 35.5. The SMILES string of the molecule is COC(=O)c1ccccc1S(=O)(=O)NC(CCn1cccc1N)C(=O)N1CCC(C)CC1. The number of hydrogen-bond donors (Lipinski definition) is 2. The molecule has 3 N–H and O–H groups in total. The van der Waals surface area contributed by atoms with Gasteiger partial charge in [-0.3, -0.25) is 4.79 Å². The minimum absolute atomic E-state index is 0.0878. The number of aromatic nitrogens is 1. The molecule has 174 valence electrons. The van der Waals surface area contributed by atoms with Gasteiger partial charge >= 0.3 is 5.97 Å². The predicted octanol–water partition coefficient (Wildman–Crippen LogP) is 1.85. The van der Waals surface area contributed by atoms with Crippen LogP contribution >= 0.6 is 0 Å². The molecule has 1 aromatic heterocycles. The van der Waals surface area contributed by atoms with Crippen LogP contribution in [0.5, 0.6) is 0 Å². The molecule has 10 heteroatoms. The molecule has 0 radical (unpaired) electrons. The van der Waals surface area contributed by atoms with E-state index in [0.29, 0.717) is 31.4 Å². The lowest BCUT2D eigenvalue weighted by Crippen LogP contribution is -2.51. The molecule has 1 aromatic carbocycles. The number of carbonyl (C=O) groups excluding carboxylic acids is 2. The molecule has 1 fully saturated rings. The molecular formula is C22H30N4O5S. The van der Waals surface area contributed by atoms with Crippen LogP contribution in [0.4, 0.5) is 5.82 Å². The monoisotopic (exact) mass is 462 g/mol. The van der Waals surface area contributed by atoms with Gasteiger partial charge < -0.3 is 19.9 Å². The first-order valence-corrected chi connectivity index (χ1v) is 12.1. The Morgan fingerprint density at radius 2 is 1.88 bits per heavy atom. The van der Waals surface area contributed by atoms with E-state index in [1.807, 2.05) is 0 Å². The molecular weight excluding hydrogens is 432 g/mol. The number of ether oxygens (including phenoxy) is 1. The van der Waals surface area contributed by atoms with Gasteiger partial charge in [-0.1, -0.05) is 19.1 Å². The summed E-state index contributed by atoms with van der Waals surface area (Å²) in [6.07, 6.45) is 3.74. The molecule has 0 saturated carbocycles. The van der Waals surface area contributed by atoms with Crippen LogP contribution in [0.15, 0.2) is 47.5 Å². The van der Waals surface area contributed by atoms with Crippen LogP contribution in [0.1, 0.15) is 36.5 Å². The second-order valence-electron chi connectivity index (χ2n) is 8.08. The first-order chi connectivity index (χ1) is 15.2. The summed E-state index contributed by atoms with van der Waals surface area (Å²) in [6, 6.07) is 8.30. The highest BCUT2D eigenvalue weighted by Gasteiger charge is 2.32. The van der Waals surface area contributed by atoms with E-state index in [0.717, 1.165) is 12.8 Å². The van der Waals surface area contributed by atoms with Crippen LogP contribution in [-0.2, 0) is 26.1 Å². The average Bonchev–Trinajstić information content (AvgIpc) is 3.20. The van der Waals surface area contributed by atoms with Crippen molar-refractivity contribution >= 4 is 27.7 Å². The molecule has 3 rings (SSSR count). The van der Waals surface area contributed by atoms with Gasteiger partial charge in [0.2, 0.25) is 15.9 Å². The highest BCUT2D eigenvalue weighted by molar-refractivity contribution is 7.89. The summed E-state index contributed by atoms with van der Waals surface area (Å²) in [5.74, 6) is 0.0171. The average molecular weight is 463 g/mol.